The zero-order chi connectivity index (χ0) is 12.1. The summed E-state index contributed by atoms with van der Waals surface area (Å²) >= 11 is 0. The number of ketones is 1. The first kappa shape index (κ1) is 12.2. The maximum Gasteiger partial charge on any atom is 0.136 e. The molecule has 0 aromatic heterocycles. The molecule has 1 atom stereocenters. The molecule has 1 aliphatic rings. The minimum atomic E-state index is 0.252. The van der Waals surface area contributed by atoms with Crippen LogP contribution in [0.4, 0.5) is 0 Å². The molecule has 0 N–H and O–H groups in total. The predicted octanol–water partition coefficient (Wildman–Crippen LogP) is 3.39. The molecule has 1 fully saturated rings. The highest BCUT2D eigenvalue weighted by molar-refractivity contribution is 5.81. The van der Waals surface area contributed by atoms with Gasteiger partial charge < -0.3 is 4.74 Å². The quantitative estimate of drug-likeness (QED) is 0.795. The van der Waals surface area contributed by atoms with Crippen molar-refractivity contribution in [1.29, 1.82) is 0 Å². The van der Waals surface area contributed by atoms with Crippen LogP contribution in [0.1, 0.15) is 38.2 Å². The molecule has 1 saturated carbocycles. The van der Waals surface area contributed by atoms with E-state index in [0.29, 0.717) is 12.4 Å². The first-order valence-electron chi connectivity index (χ1n) is 6.54. The lowest BCUT2D eigenvalue weighted by Crippen LogP contribution is -2.20. The van der Waals surface area contributed by atoms with Crippen LogP contribution in [0.2, 0.25) is 0 Å². The van der Waals surface area contributed by atoms with E-state index in [1.165, 1.54) is 12.0 Å². The SMILES string of the molecule is CCOc1ccc(CC2CCCCC2=O)cc1. The van der Waals surface area contributed by atoms with E-state index in [-0.39, 0.29) is 5.92 Å². The predicted molar refractivity (Wildman–Crippen MR) is 68.3 cm³/mol. The fourth-order valence-electron chi connectivity index (χ4n) is 2.44. The largest absolute Gasteiger partial charge is 0.494 e. The van der Waals surface area contributed by atoms with Gasteiger partial charge in [0, 0.05) is 12.3 Å². The van der Waals surface area contributed by atoms with Crippen molar-refractivity contribution >= 4 is 5.78 Å². The number of carbonyl (C=O) groups is 1. The van der Waals surface area contributed by atoms with Gasteiger partial charge in [-0.1, -0.05) is 18.6 Å². The minimum absolute atomic E-state index is 0.252. The lowest BCUT2D eigenvalue weighted by Gasteiger charge is -2.20. The maximum atomic E-state index is 11.7. The number of hydrogen-bond donors (Lipinski definition) is 0. The van der Waals surface area contributed by atoms with E-state index < -0.39 is 0 Å². The van der Waals surface area contributed by atoms with Gasteiger partial charge in [0.1, 0.15) is 11.5 Å². The number of benzene rings is 1. The molecule has 0 spiro atoms. The second kappa shape index (κ2) is 5.85. The Bertz CT molecular complexity index is 367. The van der Waals surface area contributed by atoms with Crippen molar-refractivity contribution in [1.82, 2.24) is 0 Å². The maximum absolute atomic E-state index is 11.7. The third kappa shape index (κ3) is 3.32. The van der Waals surface area contributed by atoms with E-state index in [4.69, 9.17) is 4.74 Å². The topological polar surface area (TPSA) is 26.3 Å². The fraction of sp³-hybridized carbons (Fsp3) is 0.533. The third-order valence-corrected chi connectivity index (χ3v) is 3.40. The smallest absolute Gasteiger partial charge is 0.136 e. The van der Waals surface area contributed by atoms with Crippen molar-refractivity contribution in [3.63, 3.8) is 0 Å². The standard InChI is InChI=1S/C15H20O2/c1-2-17-14-9-7-12(8-10-14)11-13-5-3-4-6-15(13)16/h7-10,13H,2-6,11H2,1H3. The normalized spacial score (nSPS) is 20.3. The molecule has 2 nitrogen and oxygen atoms in total. The molecular weight excluding hydrogens is 212 g/mol. The Morgan fingerprint density at radius 1 is 1.24 bits per heavy atom. The van der Waals surface area contributed by atoms with Crippen LogP contribution in [-0.2, 0) is 11.2 Å². The molecule has 2 rings (SSSR count). The van der Waals surface area contributed by atoms with Gasteiger partial charge in [0.2, 0.25) is 0 Å². The van der Waals surface area contributed by atoms with Gasteiger partial charge in [-0.15, -0.1) is 0 Å². The molecule has 0 amide bonds. The molecule has 1 aromatic carbocycles. The van der Waals surface area contributed by atoms with Gasteiger partial charge in [-0.05, 0) is 43.9 Å². The molecule has 1 unspecified atom stereocenters. The molecule has 0 saturated heterocycles. The second-order valence-corrected chi connectivity index (χ2v) is 4.69. The summed E-state index contributed by atoms with van der Waals surface area (Å²) in [7, 11) is 0. The minimum Gasteiger partial charge on any atom is -0.494 e. The van der Waals surface area contributed by atoms with Crippen LogP contribution in [0.25, 0.3) is 0 Å². The Kier molecular flexibility index (Phi) is 4.18. The van der Waals surface area contributed by atoms with Crippen molar-refractivity contribution < 1.29 is 9.53 Å². The molecule has 0 bridgehead atoms. The number of hydrogen-bond acceptors (Lipinski definition) is 2. The summed E-state index contributed by atoms with van der Waals surface area (Å²) in [6.45, 7) is 2.68. The Morgan fingerprint density at radius 2 is 2.00 bits per heavy atom. The molecule has 0 aliphatic heterocycles. The molecular formula is C15H20O2. The van der Waals surface area contributed by atoms with Gasteiger partial charge in [-0.2, -0.15) is 0 Å². The van der Waals surface area contributed by atoms with Crippen LogP contribution >= 0.6 is 0 Å². The van der Waals surface area contributed by atoms with Crippen molar-refractivity contribution in [3.05, 3.63) is 29.8 Å². The zero-order valence-electron chi connectivity index (χ0n) is 10.4. The van der Waals surface area contributed by atoms with Gasteiger partial charge in [0.05, 0.1) is 6.61 Å². The molecule has 17 heavy (non-hydrogen) atoms. The van der Waals surface area contributed by atoms with Gasteiger partial charge in [-0.3, -0.25) is 4.79 Å². The van der Waals surface area contributed by atoms with E-state index >= 15 is 0 Å². The van der Waals surface area contributed by atoms with Crippen LogP contribution in [0.15, 0.2) is 24.3 Å². The summed E-state index contributed by atoms with van der Waals surface area (Å²) in [4.78, 5) is 11.7. The summed E-state index contributed by atoms with van der Waals surface area (Å²) in [6.07, 6.45) is 5.02. The molecule has 1 aliphatic carbocycles. The van der Waals surface area contributed by atoms with Crippen molar-refractivity contribution in [2.75, 3.05) is 6.61 Å². The summed E-state index contributed by atoms with van der Waals surface area (Å²) < 4.78 is 5.41. The van der Waals surface area contributed by atoms with Crippen LogP contribution in [-0.4, -0.2) is 12.4 Å². The van der Waals surface area contributed by atoms with Crippen molar-refractivity contribution in [2.45, 2.75) is 39.0 Å². The molecule has 0 radical (unpaired) electrons. The number of carbonyl (C=O) groups excluding carboxylic acids is 1. The van der Waals surface area contributed by atoms with E-state index in [0.717, 1.165) is 31.4 Å². The average molecular weight is 232 g/mol. The van der Waals surface area contributed by atoms with Gasteiger partial charge in [0.25, 0.3) is 0 Å². The van der Waals surface area contributed by atoms with Crippen molar-refractivity contribution in [3.8, 4) is 5.75 Å². The highest BCUT2D eigenvalue weighted by Gasteiger charge is 2.22. The highest BCUT2D eigenvalue weighted by Crippen LogP contribution is 2.24. The van der Waals surface area contributed by atoms with E-state index in [1.54, 1.807) is 0 Å². The summed E-state index contributed by atoms with van der Waals surface area (Å²) in [5, 5.41) is 0. The lowest BCUT2D eigenvalue weighted by atomic mass is 9.84. The highest BCUT2D eigenvalue weighted by atomic mass is 16.5. The third-order valence-electron chi connectivity index (χ3n) is 3.40. The Balaban J connectivity index is 1.95. The Morgan fingerprint density at radius 3 is 2.65 bits per heavy atom. The summed E-state index contributed by atoms with van der Waals surface area (Å²) in [5.74, 6) is 1.61. The van der Waals surface area contributed by atoms with Crippen LogP contribution < -0.4 is 4.74 Å². The summed E-state index contributed by atoms with van der Waals surface area (Å²) in [6, 6.07) is 8.14. The monoisotopic (exact) mass is 232 g/mol. The molecule has 92 valence electrons. The molecule has 0 heterocycles. The fourth-order valence-corrected chi connectivity index (χ4v) is 2.44. The molecule has 1 aromatic rings. The van der Waals surface area contributed by atoms with Crippen LogP contribution in [0.3, 0.4) is 0 Å². The van der Waals surface area contributed by atoms with Gasteiger partial charge >= 0.3 is 0 Å². The average Bonchev–Trinajstić information content (AvgIpc) is 2.35. The molecule has 2 heteroatoms. The number of Topliss-reactive ketones (excluding diaryl/α,β-unsaturated/α-hetero) is 1. The first-order valence-corrected chi connectivity index (χ1v) is 6.54. The van der Waals surface area contributed by atoms with Gasteiger partial charge in [-0.25, -0.2) is 0 Å². The Labute approximate surface area is 103 Å². The second-order valence-electron chi connectivity index (χ2n) is 4.69. The zero-order valence-corrected chi connectivity index (χ0v) is 10.4. The van der Waals surface area contributed by atoms with E-state index in [1.807, 2.05) is 19.1 Å². The number of ether oxygens (including phenoxy) is 1. The first-order chi connectivity index (χ1) is 8.29. The van der Waals surface area contributed by atoms with Crippen LogP contribution in [0, 0.1) is 5.92 Å². The lowest BCUT2D eigenvalue weighted by molar-refractivity contribution is -0.124. The van der Waals surface area contributed by atoms with E-state index in [9.17, 15) is 4.79 Å². The van der Waals surface area contributed by atoms with Crippen LogP contribution in [0.5, 0.6) is 5.75 Å². The summed E-state index contributed by atoms with van der Waals surface area (Å²) in [5.41, 5.74) is 1.24. The van der Waals surface area contributed by atoms with E-state index in [2.05, 4.69) is 12.1 Å². The number of rotatable bonds is 4. The van der Waals surface area contributed by atoms with Crippen molar-refractivity contribution in [2.24, 2.45) is 5.92 Å². The van der Waals surface area contributed by atoms with Gasteiger partial charge in [0.15, 0.2) is 0 Å². The Hall–Kier alpha value is -1.31.